The van der Waals surface area contributed by atoms with Crippen LogP contribution in [0.3, 0.4) is 0 Å². The summed E-state index contributed by atoms with van der Waals surface area (Å²) in [6.07, 6.45) is 1.63. The van der Waals surface area contributed by atoms with Crippen LogP contribution in [0.15, 0.2) is 40.1 Å². The zero-order valence-electron chi connectivity index (χ0n) is 7.68. The summed E-state index contributed by atoms with van der Waals surface area (Å²) in [5.41, 5.74) is 6.02. The second kappa shape index (κ2) is 3.86. The van der Waals surface area contributed by atoms with E-state index in [0.29, 0.717) is 5.69 Å². The Morgan fingerprint density at radius 2 is 2.20 bits per heavy atom. The molecule has 0 atom stereocenters. The largest absolute Gasteiger partial charge is 0.409 e. The lowest BCUT2D eigenvalue weighted by molar-refractivity contribution is 0.318. The van der Waals surface area contributed by atoms with E-state index in [0.717, 1.165) is 15.2 Å². The van der Waals surface area contributed by atoms with Crippen LogP contribution in [0.1, 0.15) is 5.69 Å². The van der Waals surface area contributed by atoms with Gasteiger partial charge in [-0.3, -0.25) is 4.98 Å². The molecule has 1 aromatic heterocycles. The molecule has 0 aliphatic heterocycles. The lowest BCUT2D eigenvalue weighted by atomic mass is 10.1. The average molecular weight is 266 g/mol. The number of nitrogens with two attached hydrogens (primary N) is 1. The molecular formula is C10H8BrN3O. The summed E-state index contributed by atoms with van der Waals surface area (Å²) in [4.78, 5) is 4.08. The average Bonchev–Trinajstić information content (AvgIpc) is 2.27. The predicted molar refractivity (Wildman–Crippen MR) is 62.0 cm³/mol. The molecule has 0 aliphatic rings. The highest BCUT2D eigenvalue weighted by Crippen LogP contribution is 2.21. The number of hydrogen-bond donors (Lipinski definition) is 2. The lowest BCUT2D eigenvalue weighted by Crippen LogP contribution is -2.15. The molecule has 5 heteroatoms. The van der Waals surface area contributed by atoms with E-state index in [2.05, 4.69) is 26.1 Å². The van der Waals surface area contributed by atoms with E-state index in [1.54, 1.807) is 6.20 Å². The van der Waals surface area contributed by atoms with Gasteiger partial charge in [-0.1, -0.05) is 27.2 Å². The minimum Gasteiger partial charge on any atom is -0.409 e. The highest BCUT2D eigenvalue weighted by molar-refractivity contribution is 9.10. The van der Waals surface area contributed by atoms with Crippen LogP contribution in [0.2, 0.25) is 0 Å². The number of pyridine rings is 1. The highest BCUT2D eigenvalue weighted by Gasteiger charge is 2.06. The van der Waals surface area contributed by atoms with Crippen LogP contribution in [-0.4, -0.2) is 16.0 Å². The third-order valence-corrected chi connectivity index (χ3v) is 2.57. The molecule has 76 valence electrons. The number of halogens is 1. The van der Waals surface area contributed by atoms with Gasteiger partial charge in [0.1, 0.15) is 5.69 Å². The summed E-state index contributed by atoms with van der Waals surface area (Å²) in [6.45, 7) is 0. The molecule has 4 nitrogen and oxygen atoms in total. The summed E-state index contributed by atoms with van der Waals surface area (Å²) < 4.78 is 0.926. The number of oxime groups is 1. The summed E-state index contributed by atoms with van der Waals surface area (Å²) in [5.74, 6) is 0.0127. The van der Waals surface area contributed by atoms with Crippen molar-refractivity contribution in [3.63, 3.8) is 0 Å². The Bertz CT molecular complexity index is 539. The van der Waals surface area contributed by atoms with Crippen LogP contribution in [0.5, 0.6) is 0 Å². The first-order valence-corrected chi connectivity index (χ1v) is 5.04. The summed E-state index contributed by atoms with van der Waals surface area (Å²) in [7, 11) is 0. The first-order chi connectivity index (χ1) is 7.22. The minimum atomic E-state index is 0.0127. The van der Waals surface area contributed by atoms with Gasteiger partial charge in [0.15, 0.2) is 5.84 Å². The molecule has 1 aromatic carbocycles. The molecule has 0 saturated heterocycles. The number of rotatable bonds is 1. The SMILES string of the molecule is NC(=NO)c1nccc2ccc(Br)cc12. The first kappa shape index (κ1) is 9.92. The summed E-state index contributed by atoms with van der Waals surface area (Å²) in [5, 5.41) is 13.4. The van der Waals surface area contributed by atoms with Crippen molar-refractivity contribution in [1.29, 1.82) is 0 Å². The summed E-state index contributed by atoms with van der Waals surface area (Å²) in [6, 6.07) is 7.62. The van der Waals surface area contributed by atoms with Gasteiger partial charge >= 0.3 is 0 Å². The number of benzene rings is 1. The van der Waals surface area contributed by atoms with Gasteiger partial charge in [-0.05, 0) is 23.6 Å². The molecule has 0 aliphatic carbocycles. The van der Waals surface area contributed by atoms with Gasteiger partial charge in [0.25, 0.3) is 0 Å². The standard InChI is InChI=1S/C10H8BrN3O/c11-7-2-1-6-3-4-13-9(8(6)5-7)10(12)14-15/h1-5,15H,(H2,12,14). The van der Waals surface area contributed by atoms with Gasteiger partial charge in [-0.15, -0.1) is 0 Å². The third-order valence-electron chi connectivity index (χ3n) is 2.08. The van der Waals surface area contributed by atoms with Gasteiger partial charge in [-0.2, -0.15) is 0 Å². The Labute approximate surface area is 94.5 Å². The van der Waals surface area contributed by atoms with E-state index in [1.807, 2.05) is 24.3 Å². The topological polar surface area (TPSA) is 71.5 Å². The van der Waals surface area contributed by atoms with Crippen molar-refractivity contribution in [2.45, 2.75) is 0 Å². The van der Waals surface area contributed by atoms with Crippen LogP contribution in [0.4, 0.5) is 0 Å². The van der Waals surface area contributed by atoms with Crippen molar-refractivity contribution in [3.8, 4) is 0 Å². The molecule has 0 fully saturated rings. The second-order valence-corrected chi connectivity index (χ2v) is 3.93. The molecule has 3 N–H and O–H groups in total. The Hall–Kier alpha value is -1.62. The normalized spacial score (nSPS) is 11.9. The van der Waals surface area contributed by atoms with Gasteiger partial charge in [0.2, 0.25) is 0 Å². The molecular weight excluding hydrogens is 258 g/mol. The van der Waals surface area contributed by atoms with E-state index in [9.17, 15) is 0 Å². The van der Waals surface area contributed by atoms with Crippen molar-refractivity contribution in [2.75, 3.05) is 0 Å². The maximum absolute atomic E-state index is 8.63. The van der Waals surface area contributed by atoms with Gasteiger partial charge < -0.3 is 10.9 Å². The van der Waals surface area contributed by atoms with Crippen molar-refractivity contribution >= 4 is 32.5 Å². The number of fused-ring (bicyclic) bond motifs is 1. The van der Waals surface area contributed by atoms with Gasteiger partial charge in [-0.25, -0.2) is 0 Å². The smallest absolute Gasteiger partial charge is 0.189 e. The first-order valence-electron chi connectivity index (χ1n) is 4.24. The molecule has 2 rings (SSSR count). The van der Waals surface area contributed by atoms with Crippen LogP contribution < -0.4 is 5.73 Å². The fraction of sp³-hybridized carbons (Fsp3) is 0. The zero-order chi connectivity index (χ0) is 10.8. The van der Waals surface area contributed by atoms with Crippen molar-refractivity contribution in [2.24, 2.45) is 10.9 Å². The summed E-state index contributed by atoms with van der Waals surface area (Å²) >= 11 is 3.37. The lowest BCUT2D eigenvalue weighted by Gasteiger charge is -2.03. The second-order valence-electron chi connectivity index (χ2n) is 3.01. The number of amidine groups is 1. The molecule has 0 saturated carbocycles. The van der Waals surface area contributed by atoms with E-state index in [1.165, 1.54) is 0 Å². The Morgan fingerprint density at radius 1 is 1.40 bits per heavy atom. The predicted octanol–water partition coefficient (Wildman–Crippen LogP) is 2.09. The molecule has 0 unspecified atom stereocenters. The monoisotopic (exact) mass is 265 g/mol. The fourth-order valence-electron chi connectivity index (χ4n) is 1.39. The van der Waals surface area contributed by atoms with Crippen LogP contribution in [0, 0.1) is 0 Å². The Kier molecular flexibility index (Phi) is 2.55. The van der Waals surface area contributed by atoms with Gasteiger partial charge in [0.05, 0.1) is 0 Å². The molecule has 0 spiro atoms. The zero-order valence-corrected chi connectivity index (χ0v) is 9.27. The van der Waals surface area contributed by atoms with Crippen molar-refractivity contribution in [3.05, 3.63) is 40.6 Å². The van der Waals surface area contributed by atoms with E-state index >= 15 is 0 Å². The Balaban J connectivity index is 2.79. The van der Waals surface area contributed by atoms with Crippen molar-refractivity contribution < 1.29 is 5.21 Å². The number of aromatic nitrogens is 1. The van der Waals surface area contributed by atoms with Crippen LogP contribution in [0.25, 0.3) is 10.8 Å². The molecule has 0 bridgehead atoms. The number of hydrogen-bond acceptors (Lipinski definition) is 3. The maximum Gasteiger partial charge on any atom is 0.189 e. The van der Waals surface area contributed by atoms with E-state index in [-0.39, 0.29) is 5.84 Å². The highest BCUT2D eigenvalue weighted by atomic mass is 79.9. The quantitative estimate of drug-likeness (QED) is 0.359. The molecule has 15 heavy (non-hydrogen) atoms. The van der Waals surface area contributed by atoms with E-state index < -0.39 is 0 Å². The van der Waals surface area contributed by atoms with Crippen LogP contribution in [-0.2, 0) is 0 Å². The fourth-order valence-corrected chi connectivity index (χ4v) is 1.75. The Morgan fingerprint density at radius 3 is 2.93 bits per heavy atom. The third kappa shape index (κ3) is 1.78. The molecule has 2 aromatic rings. The molecule has 0 amide bonds. The molecule has 0 radical (unpaired) electrons. The number of nitrogens with zero attached hydrogens (tertiary/aromatic N) is 2. The maximum atomic E-state index is 8.63. The van der Waals surface area contributed by atoms with E-state index in [4.69, 9.17) is 10.9 Å². The van der Waals surface area contributed by atoms with Crippen LogP contribution >= 0.6 is 15.9 Å². The minimum absolute atomic E-state index is 0.0127. The molecule has 1 heterocycles. The van der Waals surface area contributed by atoms with Crippen molar-refractivity contribution in [1.82, 2.24) is 4.98 Å². The van der Waals surface area contributed by atoms with Gasteiger partial charge in [0, 0.05) is 16.1 Å².